The molecule has 1 fully saturated rings. The molecule has 0 aliphatic carbocycles. The number of hydrogen-bond acceptors (Lipinski definition) is 3. The largest absolute Gasteiger partial charge is 0.392 e. The second kappa shape index (κ2) is 3.57. The fraction of sp³-hybridized carbons (Fsp3) is 0.625. The molecule has 2 unspecified atom stereocenters. The lowest BCUT2D eigenvalue weighted by molar-refractivity contribution is -0.122. The summed E-state index contributed by atoms with van der Waals surface area (Å²) in [6.07, 6.45) is 5.01. The quantitative estimate of drug-likeness (QED) is 0.495. The summed E-state index contributed by atoms with van der Waals surface area (Å²) in [5.74, 6) is 2.01. The zero-order chi connectivity index (χ0) is 9.14. The van der Waals surface area contributed by atoms with Crippen molar-refractivity contribution in [1.82, 2.24) is 4.90 Å². The van der Waals surface area contributed by atoms with Gasteiger partial charge in [-0.25, -0.2) is 0 Å². The zero-order valence-electron chi connectivity index (χ0n) is 6.73. The van der Waals surface area contributed by atoms with Crippen LogP contribution in [0, 0.1) is 12.3 Å². The first kappa shape index (κ1) is 9.04. The minimum atomic E-state index is -0.476. The van der Waals surface area contributed by atoms with Crippen molar-refractivity contribution < 1.29 is 9.90 Å². The summed E-state index contributed by atoms with van der Waals surface area (Å²) < 4.78 is 0. The van der Waals surface area contributed by atoms with Crippen LogP contribution < -0.4 is 5.73 Å². The molecule has 1 saturated heterocycles. The molecule has 0 aromatic rings. The number of carbonyl (C=O) groups is 1. The highest BCUT2D eigenvalue weighted by atomic mass is 16.3. The molecule has 66 valence electrons. The summed E-state index contributed by atoms with van der Waals surface area (Å²) in [7, 11) is 0. The highest BCUT2D eigenvalue weighted by molar-refractivity contribution is 5.80. The molecule has 1 aliphatic heterocycles. The van der Waals surface area contributed by atoms with E-state index in [9.17, 15) is 9.90 Å². The van der Waals surface area contributed by atoms with Gasteiger partial charge in [0.2, 0.25) is 5.91 Å². The van der Waals surface area contributed by atoms with E-state index < -0.39 is 18.1 Å². The summed E-state index contributed by atoms with van der Waals surface area (Å²) in [6.45, 7) is 0.808. The molecule has 0 bridgehead atoms. The molecule has 1 aliphatic rings. The Bertz CT molecular complexity index is 222. The van der Waals surface area contributed by atoms with Crippen molar-refractivity contribution in [2.24, 2.45) is 5.73 Å². The van der Waals surface area contributed by atoms with Crippen LogP contribution in [0.4, 0.5) is 0 Å². The van der Waals surface area contributed by atoms with Gasteiger partial charge in [-0.3, -0.25) is 9.69 Å². The van der Waals surface area contributed by atoms with Crippen molar-refractivity contribution in [2.75, 3.05) is 13.1 Å². The number of likely N-dealkylation sites (tertiary alicyclic amines) is 1. The maximum atomic E-state index is 10.8. The van der Waals surface area contributed by atoms with Gasteiger partial charge in [-0.2, -0.15) is 0 Å². The van der Waals surface area contributed by atoms with Gasteiger partial charge in [0.1, 0.15) is 0 Å². The maximum Gasteiger partial charge on any atom is 0.234 e. The Balaban J connectivity index is 2.60. The fourth-order valence-electron chi connectivity index (χ4n) is 1.47. The van der Waals surface area contributed by atoms with Crippen LogP contribution in [0.15, 0.2) is 0 Å². The van der Waals surface area contributed by atoms with E-state index in [1.165, 1.54) is 0 Å². The van der Waals surface area contributed by atoms with Crippen molar-refractivity contribution in [3.8, 4) is 12.3 Å². The lowest BCUT2D eigenvalue weighted by Crippen LogP contribution is -2.40. The van der Waals surface area contributed by atoms with Gasteiger partial charge in [-0.1, -0.05) is 5.92 Å². The third kappa shape index (κ3) is 1.76. The third-order valence-electron chi connectivity index (χ3n) is 2.00. The molecule has 4 heteroatoms. The molecule has 4 nitrogen and oxygen atoms in total. The van der Waals surface area contributed by atoms with Crippen LogP contribution in [0.2, 0.25) is 0 Å². The number of carbonyl (C=O) groups excluding carboxylic acids is 1. The normalized spacial score (nSPS) is 30.0. The van der Waals surface area contributed by atoms with Gasteiger partial charge in [0, 0.05) is 6.54 Å². The summed E-state index contributed by atoms with van der Waals surface area (Å²) in [4.78, 5) is 12.5. The molecule has 0 aromatic heterocycles. The maximum absolute atomic E-state index is 10.8. The Hall–Kier alpha value is -1.05. The van der Waals surface area contributed by atoms with Crippen LogP contribution in [0.1, 0.15) is 6.42 Å². The van der Waals surface area contributed by atoms with Gasteiger partial charge in [0.05, 0.1) is 18.7 Å². The first-order chi connectivity index (χ1) is 5.65. The van der Waals surface area contributed by atoms with E-state index >= 15 is 0 Å². The number of primary amides is 1. The standard InChI is InChI=1S/C8H12N2O2/c1-2-3-10-5-6(11)4-7(10)8(9)12/h1,6-7,11H,3-5H2,(H2,9,12). The Labute approximate surface area is 71.3 Å². The zero-order valence-corrected chi connectivity index (χ0v) is 6.73. The van der Waals surface area contributed by atoms with E-state index in [0.717, 1.165) is 0 Å². The topological polar surface area (TPSA) is 66.6 Å². The van der Waals surface area contributed by atoms with E-state index in [0.29, 0.717) is 19.5 Å². The first-order valence-electron chi connectivity index (χ1n) is 3.80. The number of terminal acetylenes is 1. The van der Waals surface area contributed by atoms with Crippen molar-refractivity contribution >= 4 is 5.91 Å². The molecule has 0 spiro atoms. The number of rotatable bonds is 2. The molecule has 0 aromatic carbocycles. The van der Waals surface area contributed by atoms with E-state index in [1.807, 2.05) is 0 Å². The second-order valence-electron chi connectivity index (χ2n) is 2.94. The number of aliphatic hydroxyl groups excluding tert-OH is 1. The molecule has 0 radical (unpaired) electrons. The summed E-state index contributed by atoms with van der Waals surface area (Å²) in [6, 6.07) is -0.393. The van der Waals surface area contributed by atoms with E-state index in [1.54, 1.807) is 4.90 Å². The molecule has 1 heterocycles. The molecule has 3 N–H and O–H groups in total. The van der Waals surface area contributed by atoms with Crippen LogP contribution in [0.3, 0.4) is 0 Å². The van der Waals surface area contributed by atoms with Gasteiger partial charge in [0.15, 0.2) is 0 Å². The molecule has 0 saturated carbocycles. The second-order valence-corrected chi connectivity index (χ2v) is 2.94. The fourth-order valence-corrected chi connectivity index (χ4v) is 1.47. The number of nitrogens with zero attached hydrogens (tertiary/aromatic N) is 1. The number of nitrogens with two attached hydrogens (primary N) is 1. The molecule has 12 heavy (non-hydrogen) atoms. The number of amides is 1. The van der Waals surface area contributed by atoms with Crippen molar-refractivity contribution in [1.29, 1.82) is 0 Å². The highest BCUT2D eigenvalue weighted by Gasteiger charge is 2.33. The predicted molar refractivity (Wildman–Crippen MR) is 44.0 cm³/mol. The minimum Gasteiger partial charge on any atom is -0.392 e. The molecule has 2 atom stereocenters. The summed E-state index contributed by atoms with van der Waals surface area (Å²) >= 11 is 0. The van der Waals surface area contributed by atoms with Crippen LogP contribution in [0.25, 0.3) is 0 Å². The number of β-amino-alcohol motifs (C(OH)–C–C–N with tert-alkyl or cyclic N) is 1. The Kier molecular flexibility index (Phi) is 2.69. The van der Waals surface area contributed by atoms with Crippen molar-refractivity contribution in [3.63, 3.8) is 0 Å². The molecular formula is C8H12N2O2. The Morgan fingerprint density at radius 3 is 3.00 bits per heavy atom. The lowest BCUT2D eigenvalue weighted by atomic mass is 10.2. The van der Waals surface area contributed by atoms with Crippen molar-refractivity contribution in [3.05, 3.63) is 0 Å². The van der Waals surface area contributed by atoms with Gasteiger partial charge >= 0.3 is 0 Å². The average Bonchev–Trinajstić information content (AvgIpc) is 2.32. The lowest BCUT2D eigenvalue weighted by Gasteiger charge is -2.17. The highest BCUT2D eigenvalue weighted by Crippen LogP contribution is 2.16. The predicted octanol–water partition coefficient (Wildman–Crippen LogP) is -1.46. The van der Waals surface area contributed by atoms with E-state index in [-0.39, 0.29) is 0 Å². The van der Waals surface area contributed by atoms with Gasteiger partial charge in [-0.05, 0) is 6.42 Å². The van der Waals surface area contributed by atoms with Crippen LogP contribution >= 0.6 is 0 Å². The molecule has 1 rings (SSSR count). The Morgan fingerprint density at radius 1 is 1.83 bits per heavy atom. The van der Waals surface area contributed by atoms with Crippen molar-refractivity contribution in [2.45, 2.75) is 18.6 Å². The van der Waals surface area contributed by atoms with E-state index in [4.69, 9.17) is 12.2 Å². The smallest absolute Gasteiger partial charge is 0.234 e. The van der Waals surface area contributed by atoms with Crippen LogP contribution in [-0.4, -0.2) is 41.1 Å². The first-order valence-corrected chi connectivity index (χ1v) is 3.80. The van der Waals surface area contributed by atoms with Gasteiger partial charge in [0.25, 0.3) is 0 Å². The van der Waals surface area contributed by atoms with E-state index in [2.05, 4.69) is 5.92 Å². The summed E-state index contributed by atoms with van der Waals surface area (Å²) in [5, 5.41) is 9.23. The summed E-state index contributed by atoms with van der Waals surface area (Å²) in [5.41, 5.74) is 5.12. The molecular weight excluding hydrogens is 156 g/mol. The van der Waals surface area contributed by atoms with Gasteiger partial charge in [-0.15, -0.1) is 6.42 Å². The van der Waals surface area contributed by atoms with Crippen LogP contribution in [-0.2, 0) is 4.79 Å². The van der Waals surface area contributed by atoms with Gasteiger partial charge < -0.3 is 10.8 Å². The minimum absolute atomic E-state index is 0.366. The monoisotopic (exact) mass is 168 g/mol. The Morgan fingerprint density at radius 2 is 2.50 bits per heavy atom. The molecule has 1 amide bonds. The SMILES string of the molecule is C#CCN1CC(O)CC1C(N)=O. The average molecular weight is 168 g/mol. The number of hydrogen-bond donors (Lipinski definition) is 2. The number of aliphatic hydroxyl groups is 1. The third-order valence-corrected chi connectivity index (χ3v) is 2.00. The van der Waals surface area contributed by atoms with Crippen LogP contribution in [0.5, 0.6) is 0 Å².